The highest BCUT2D eigenvalue weighted by Crippen LogP contribution is 2.49. The van der Waals surface area contributed by atoms with Crippen molar-refractivity contribution in [1.82, 2.24) is 9.88 Å². The van der Waals surface area contributed by atoms with Gasteiger partial charge in [-0.15, -0.1) is 0 Å². The number of aryl methyl sites for hydroxylation is 1. The van der Waals surface area contributed by atoms with Gasteiger partial charge in [0.25, 0.3) is 0 Å². The number of hydrogen-bond donors (Lipinski definition) is 1. The van der Waals surface area contributed by atoms with Gasteiger partial charge in [-0.2, -0.15) is 0 Å². The summed E-state index contributed by atoms with van der Waals surface area (Å²) in [6, 6.07) is 5.99. The number of fused-ring (bicyclic) bond motifs is 4. The highest BCUT2D eigenvalue weighted by molar-refractivity contribution is 5.90. The Kier molecular flexibility index (Phi) is 5.43. The summed E-state index contributed by atoms with van der Waals surface area (Å²) in [6.07, 6.45) is 6.45. The van der Waals surface area contributed by atoms with Crippen molar-refractivity contribution < 1.29 is 9.53 Å². The molecule has 1 aliphatic carbocycles. The zero-order valence-electron chi connectivity index (χ0n) is 20.0. The molecule has 5 heteroatoms. The van der Waals surface area contributed by atoms with Gasteiger partial charge < -0.3 is 15.4 Å². The molecule has 1 atom stereocenters. The fourth-order valence-corrected chi connectivity index (χ4v) is 5.77. The van der Waals surface area contributed by atoms with Gasteiger partial charge in [-0.25, -0.2) is 4.98 Å². The average molecular weight is 454 g/mol. The minimum atomic E-state index is -0.415. The molecule has 2 aliphatic heterocycles. The van der Waals surface area contributed by atoms with Crippen LogP contribution in [0, 0.1) is 5.92 Å². The van der Waals surface area contributed by atoms with Crippen LogP contribution in [-0.4, -0.2) is 15.9 Å². The van der Waals surface area contributed by atoms with Crippen molar-refractivity contribution in [3.8, 4) is 0 Å². The van der Waals surface area contributed by atoms with Gasteiger partial charge in [0.2, 0.25) is 0 Å². The van der Waals surface area contributed by atoms with Crippen molar-refractivity contribution >= 4 is 22.6 Å². The number of hydrogen-bond acceptors (Lipinski definition) is 5. The molecular formula is C29H31N3O2. The fraction of sp³-hybridized carbons (Fsp3) is 0.310. The third-order valence-corrected chi connectivity index (χ3v) is 7.35. The number of ether oxygens (including phenoxy) is 1. The predicted octanol–water partition coefficient (Wildman–Crippen LogP) is 5.67. The number of benzene rings is 1. The van der Waals surface area contributed by atoms with Crippen LogP contribution in [-0.2, 0) is 28.9 Å². The first kappa shape index (κ1) is 22.2. The molecule has 2 N–H and O–H groups in total. The standard InChI is InChI=1S/C29H31N3O2/c1-6-20-16(3)8-10-22-17(4)32-15-25-21(7-2)24-12-19(13-28(33)34-18(5)30)9-11-26(24)31-29(25)27(32)14-23(20)22/h9,11-12,14,20H,3-8,10,13,15,30H2,1-2H3/t20-/m0/s1. The molecule has 0 amide bonds. The van der Waals surface area contributed by atoms with Crippen molar-refractivity contribution in [3.63, 3.8) is 0 Å². The fourth-order valence-electron chi connectivity index (χ4n) is 5.77. The van der Waals surface area contributed by atoms with Crippen LogP contribution in [0.4, 0.5) is 0 Å². The Balaban J connectivity index is 1.60. The number of nitrogens with two attached hydrogens (primary N) is 1. The van der Waals surface area contributed by atoms with E-state index in [0.29, 0.717) is 5.92 Å². The molecule has 0 radical (unpaired) electrons. The van der Waals surface area contributed by atoms with E-state index in [1.165, 1.54) is 27.8 Å². The summed E-state index contributed by atoms with van der Waals surface area (Å²) in [6.45, 7) is 17.5. The van der Waals surface area contributed by atoms with Gasteiger partial charge in [0.1, 0.15) is 0 Å². The zero-order chi connectivity index (χ0) is 24.1. The van der Waals surface area contributed by atoms with E-state index in [9.17, 15) is 4.79 Å². The first-order valence-corrected chi connectivity index (χ1v) is 12.0. The number of esters is 1. The summed E-state index contributed by atoms with van der Waals surface area (Å²) in [5.74, 6) is -0.117. The maximum atomic E-state index is 12.1. The third-order valence-electron chi connectivity index (χ3n) is 7.35. The van der Waals surface area contributed by atoms with Gasteiger partial charge in [0.15, 0.2) is 5.88 Å². The molecule has 174 valence electrons. The Labute approximate surface area is 201 Å². The van der Waals surface area contributed by atoms with E-state index in [1.807, 2.05) is 12.1 Å². The first-order valence-electron chi connectivity index (χ1n) is 12.0. The largest absolute Gasteiger partial charge is 0.411 e. The van der Waals surface area contributed by atoms with Gasteiger partial charge in [0, 0.05) is 22.6 Å². The summed E-state index contributed by atoms with van der Waals surface area (Å²) in [5.41, 5.74) is 17.1. The number of pyridine rings is 1. The number of rotatable bonds is 5. The minimum absolute atomic E-state index is 0.0881. The number of carbonyl (C=O) groups excluding carboxylic acids is 1. The molecule has 0 unspecified atom stereocenters. The van der Waals surface area contributed by atoms with Gasteiger partial charge >= 0.3 is 5.97 Å². The Morgan fingerprint density at radius 3 is 2.76 bits per heavy atom. The average Bonchev–Trinajstić information content (AvgIpc) is 3.15. The molecule has 1 aromatic heterocycles. The topological polar surface area (TPSA) is 68.5 Å². The summed E-state index contributed by atoms with van der Waals surface area (Å²) in [7, 11) is 0. The summed E-state index contributed by atoms with van der Waals surface area (Å²) < 4.78 is 4.94. The second-order valence-corrected chi connectivity index (χ2v) is 9.36. The molecule has 5 nitrogen and oxygen atoms in total. The van der Waals surface area contributed by atoms with Crippen LogP contribution in [0.2, 0.25) is 0 Å². The lowest BCUT2D eigenvalue weighted by atomic mass is 9.75. The smallest absolute Gasteiger partial charge is 0.316 e. The van der Waals surface area contributed by atoms with Crippen LogP contribution in [0.15, 0.2) is 72.3 Å². The van der Waals surface area contributed by atoms with Crippen molar-refractivity contribution in [2.45, 2.75) is 52.5 Å². The maximum Gasteiger partial charge on any atom is 0.316 e. The quantitative estimate of drug-likeness (QED) is 0.359. The number of aromatic nitrogens is 1. The van der Waals surface area contributed by atoms with Gasteiger partial charge in [-0.1, -0.05) is 38.6 Å². The van der Waals surface area contributed by atoms with Gasteiger partial charge in [-0.3, -0.25) is 4.79 Å². The monoisotopic (exact) mass is 453 g/mol. The first-order chi connectivity index (χ1) is 16.3. The second-order valence-electron chi connectivity index (χ2n) is 9.36. The second kappa shape index (κ2) is 8.32. The molecule has 0 bridgehead atoms. The van der Waals surface area contributed by atoms with E-state index in [-0.39, 0.29) is 12.3 Å². The molecule has 0 saturated carbocycles. The van der Waals surface area contributed by atoms with Crippen molar-refractivity contribution in [3.05, 3.63) is 94.7 Å². The van der Waals surface area contributed by atoms with Crippen LogP contribution in [0.25, 0.3) is 16.6 Å². The van der Waals surface area contributed by atoms with Gasteiger partial charge in [-0.05, 0) is 72.7 Å². The molecular weight excluding hydrogens is 422 g/mol. The van der Waals surface area contributed by atoms with Crippen LogP contribution < -0.4 is 5.73 Å². The number of allylic oxidation sites excluding steroid dienone is 4. The van der Waals surface area contributed by atoms with Crippen LogP contribution in [0.5, 0.6) is 0 Å². The third kappa shape index (κ3) is 3.47. The molecule has 0 saturated heterocycles. The Morgan fingerprint density at radius 2 is 2.06 bits per heavy atom. The van der Waals surface area contributed by atoms with E-state index in [4.69, 9.17) is 15.5 Å². The lowest BCUT2D eigenvalue weighted by Crippen LogP contribution is -2.25. The lowest BCUT2D eigenvalue weighted by Gasteiger charge is -2.37. The molecule has 0 spiro atoms. The number of nitrogens with zero attached hydrogens (tertiary/aromatic N) is 2. The molecule has 0 fully saturated rings. The maximum absolute atomic E-state index is 12.1. The van der Waals surface area contributed by atoms with E-state index < -0.39 is 5.97 Å². The highest BCUT2D eigenvalue weighted by atomic mass is 16.5. The SMILES string of the molecule is C=C(N)OC(=O)Cc1ccc2nc3c(c(CC)c2c1)CN1C(=C)C2=C(C=C31)[C@@H](CC)C(=C)CC2. The summed E-state index contributed by atoms with van der Waals surface area (Å²) >= 11 is 0. The molecule has 3 aliphatic rings. The van der Waals surface area contributed by atoms with Crippen LogP contribution in [0.1, 0.15) is 55.5 Å². The number of carbonyl (C=O) groups is 1. The van der Waals surface area contributed by atoms with Crippen LogP contribution >= 0.6 is 0 Å². The molecule has 3 heterocycles. The minimum Gasteiger partial charge on any atom is -0.411 e. The van der Waals surface area contributed by atoms with E-state index in [2.05, 4.69) is 50.6 Å². The van der Waals surface area contributed by atoms with Crippen molar-refractivity contribution in [2.75, 3.05) is 0 Å². The normalized spacial score (nSPS) is 19.1. The molecule has 5 rings (SSSR count). The summed E-state index contributed by atoms with van der Waals surface area (Å²) in [5, 5.41) is 1.08. The molecule has 2 aromatic rings. The predicted molar refractivity (Wildman–Crippen MR) is 136 cm³/mol. The van der Waals surface area contributed by atoms with E-state index >= 15 is 0 Å². The zero-order valence-corrected chi connectivity index (χ0v) is 20.0. The van der Waals surface area contributed by atoms with E-state index in [1.54, 1.807) is 0 Å². The Hall–Kier alpha value is -3.60. The van der Waals surface area contributed by atoms with Gasteiger partial charge in [0.05, 0.1) is 29.9 Å². The Morgan fingerprint density at radius 1 is 1.26 bits per heavy atom. The molecule has 34 heavy (non-hydrogen) atoms. The highest BCUT2D eigenvalue weighted by Gasteiger charge is 2.37. The van der Waals surface area contributed by atoms with Crippen molar-refractivity contribution in [1.29, 1.82) is 0 Å². The summed E-state index contributed by atoms with van der Waals surface area (Å²) in [4.78, 5) is 19.5. The van der Waals surface area contributed by atoms with Crippen molar-refractivity contribution in [2.24, 2.45) is 11.7 Å². The lowest BCUT2D eigenvalue weighted by molar-refractivity contribution is -0.138. The molecule has 1 aromatic carbocycles. The van der Waals surface area contributed by atoms with E-state index in [0.717, 1.165) is 65.8 Å². The Bertz CT molecular complexity index is 1340. The van der Waals surface area contributed by atoms with Crippen LogP contribution in [0.3, 0.4) is 0 Å².